The number of hydrogen-bond donors (Lipinski definition) is 0. The fourth-order valence-electron chi connectivity index (χ4n) is 3.86. The topological polar surface area (TPSA) is 47.7 Å². The summed E-state index contributed by atoms with van der Waals surface area (Å²) in [4.78, 5) is 7.07. The van der Waals surface area contributed by atoms with Crippen LogP contribution in [0.3, 0.4) is 0 Å². The van der Waals surface area contributed by atoms with Crippen molar-refractivity contribution >= 4 is 5.69 Å². The number of rotatable bonds is 6. The molecular weight excluding hydrogens is 419 g/mol. The molecule has 5 rings (SSSR count). The maximum Gasteiger partial charge on any atom is 0.226 e. The summed E-state index contributed by atoms with van der Waals surface area (Å²) >= 11 is 0. The number of ether oxygens (including phenoxy) is 2. The smallest absolute Gasteiger partial charge is 0.226 e. The third kappa shape index (κ3) is 5.07. The molecule has 0 unspecified atom stereocenters. The number of aromatic nitrogens is 1. The molecular formula is C27H25FN2O3. The van der Waals surface area contributed by atoms with Crippen molar-refractivity contribution in [2.24, 2.45) is 0 Å². The maximum atomic E-state index is 13.0. The van der Waals surface area contributed by atoms with Crippen molar-refractivity contribution < 1.29 is 18.3 Å². The number of aryl methyl sites for hydroxylation is 1. The second-order valence-corrected chi connectivity index (χ2v) is 8.04. The molecule has 3 aromatic carbocycles. The van der Waals surface area contributed by atoms with Crippen molar-refractivity contribution in [3.63, 3.8) is 0 Å². The highest BCUT2D eigenvalue weighted by atomic mass is 19.1. The van der Waals surface area contributed by atoms with Gasteiger partial charge in [-0.05, 0) is 73.2 Å². The van der Waals surface area contributed by atoms with Crippen LogP contribution in [0.2, 0.25) is 0 Å². The summed E-state index contributed by atoms with van der Waals surface area (Å²) in [6.07, 6.45) is 0.665. The average Bonchev–Trinajstić information content (AvgIpc) is 3.22. The molecule has 2 heterocycles. The van der Waals surface area contributed by atoms with Gasteiger partial charge in [-0.1, -0.05) is 12.1 Å². The standard InChI is InChI=1S/C27H25FN2O3/c1-19-26(18-20-2-10-24(11-3-20)33-25-12-6-22(28)7-13-25)29-27(32-19)21-4-8-23(9-5-21)30-14-16-31-17-15-30/h2-13H,14-18H2,1H3. The third-order valence-electron chi connectivity index (χ3n) is 5.73. The Bertz CT molecular complexity index is 1200. The van der Waals surface area contributed by atoms with Crippen molar-refractivity contribution in [2.45, 2.75) is 13.3 Å². The molecule has 1 saturated heterocycles. The van der Waals surface area contributed by atoms with Crippen LogP contribution in [0.4, 0.5) is 10.1 Å². The van der Waals surface area contributed by atoms with Gasteiger partial charge in [0.1, 0.15) is 23.1 Å². The van der Waals surface area contributed by atoms with E-state index in [2.05, 4.69) is 29.2 Å². The lowest BCUT2D eigenvalue weighted by Crippen LogP contribution is -2.36. The highest BCUT2D eigenvalue weighted by Gasteiger charge is 2.14. The Morgan fingerprint density at radius 3 is 2.18 bits per heavy atom. The van der Waals surface area contributed by atoms with Crippen LogP contribution in [0.1, 0.15) is 17.0 Å². The lowest BCUT2D eigenvalue weighted by Gasteiger charge is -2.28. The molecule has 4 aromatic rings. The van der Waals surface area contributed by atoms with Crippen LogP contribution in [0.25, 0.3) is 11.5 Å². The van der Waals surface area contributed by atoms with E-state index in [0.29, 0.717) is 23.8 Å². The van der Waals surface area contributed by atoms with Crippen LogP contribution < -0.4 is 9.64 Å². The summed E-state index contributed by atoms with van der Waals surface area (Å²) in [5, 5.41) is 0. The molecule has 1 fully saturated rings. The van der Waals surface area contributed by atoms with Gasteiger partial charge in [0.15, 0.2) is 0 Å². The molecule has 0 radical (unpaired) electrons. The van der Waals surface area contributed by atoms with Crippen molar-refractivity contribution in [1.29, 1.82) is 0 Å². The van der Waals surface area contributed by atoms with Gasteiger partial charge in [-0.3, -0.25) is 0 Å². The minimum Gasteiger partial charge on any atom is -0.457 e. The summed E-state index contributed by atoms with van der Waals surface area (Å²) < 4.78 is 30.2. The Labute approximate surface area is 192 Å². The highest BCUT2D eigenvalue weighted by molar-refractivity contribution is 5.60. The maximum absolute atomic E-state index is 13.0. The van der Waals surface area contributed by atoms with E-state index < -0.39 is 0 Å². The van der Waals surface area contributed by atoms with Crippen molar-refractivity contribution in [3.8, 4) is 23.0 Å². The van der Waals surface area contributed by atoms with Crippen molar-refractivity contribution in [3.05, 3.63) is 95.6 Å². The van der Waals surface area contributed by atoms with Gasteiger partial charge in [-0.2, -0.15) is 0 Å². The Hall–Kier alpha value is -3.64. The Morgan fingerprint density at radius 1 is 0.879 bits per heavy atom. The molecule has 33 heavy (non-hydrogen) atoms. The molecule has 0 aliphatic carbocycles. The second-order valence-electron chi connectivity index (χ2n) is 8.04. The molecule has 1 aromatic heterocycles. The molecule has 0 spiro atoms. The first-order chi connectivity index (χ1) is 16.1. The monoisotopic (exact) mass is 444 g/mol. The van der Waals surface area contributed by atoms with Crippen LogP contribution >= 0.6 is 0 Å². The predicted octanol–water partition coefficient (Wildman–Crippen LogP) is 6.01. The fraction of sp³-hybridized carbons (Fsp3) is 0.222. The Kier molecular flexibility index (Phi) is 6.09. The number of benzene rings is 3. The summed E-state index contributed by atoms with van der Waals surface area (Å²) in [5.74, 6) is 2.46. The number of oxazole rings is 1. The minimum absolute atomic E-state index is 0.284. The lowest BCUT2D eigenvalue weighted by molar-refractivity contribution is 0.122. The van der Waals surface area contributed by atoms with Gasteiger partial charge >= 0.3 is 0 Å². The Morgan fingerprint density at radius 2 is 1.52 bits per heavy atom. The van der Waals surface area contributed by atoms with E-state index in [4.69, 9.17) is 18.9 Å². The van der Waals surface area contributed by atoms with Gasteiger partial charge in [0.05, 0.1) is 18.9 Å². The molecule has 0 bridgehead atoms. The second kappa shape index (κ2) is 9.46. The van der Waals surface area contributed by atoms with Gasteiger partial charge in [0, 0.05) is 30.8 Å². The Balaban J connectivity index is 1.25. The molecule has 1 aliphatic heterocycles. The summed E-state index contributed by atoms with van der Waals surface area (Å²) in [6, 6.07) is 22.1. The third-order valence-corrected chi connectivity index (χ3v) is 5.73. The number of nitrogens with zero attached hydrogens (tertiary/aromatic N) is 2. The van der Waals surface area contributed by atoms with E-state index in [9.17, 15) is 4.39 Å². The van der Waals surface area contributed by atoms with Crippen LogP contribution in [-0.4, -0.2) is 31.3 Å². The molecule has 168 valence electrons. The van der Waals surface area contributed by atoms with Crippen LogP contribution in [-0.2, 0) is 11.2 Å². The molecule has 1 aliphatic rings. The zero-order valence-corrected chi connectivity index (χ0v) is 18.5. The SMILES string of the molecule is Cc1oc(-c2ccc(N3CCOCC3)cc2)nc1Cc1ccc(Oc2ccc(F)cc2)cc1. The molecule has 0 amide bonds. The summed E-state index contributed by atoms with van der Waals surface area (Å²) in [6.45, 7) is 5.30. The number of hydrogen-bond acceptors (Lipinski definition) is 5. The zero-order valence-electron chi connectivity index (χ0n) is 18.5. The van der Waals surface area contributed by atoms with Gasteiger partial charge in [0.25, 0.3) is 0 Å². The number of anilines is 1. The molecule has 0 saturated carbocycles. The first-order valence-electron chi connectivity index (χ1n) is 11.1. The number of halogens is 1. The van der Waals surface area contributed by atoms with Crippen LogP contribution in [0.15, 0.2) is 77.2 Å². The zero-order chi connectivity index (χ0) is 22.6. The average molecular weight is 445 g/mol. The van der Waals surface area contributed by atoms with Crippen molar-refractivity contribution in [1.82, 2.24) is 4.98 Å². The van der Waals surface area contributed by atoms with Gasteiger partial charge < -0.3 is 18.8 Å². The molecule has 6 heteroatoms. The minimum atomic E-state index is -0.284. The van der Waals surface area contributed by atoms with Crippen LogP contribution in [0, 0.1) is 12.7 Å². The normalized spacial score (nSPS) is 13.8. The van der Waals surface area contributed by atoms with E-state index in [1.54, 1.807) is 12.1 Å². The summed E-state index contributed by atoms with van der Waals surface area (Å²) in [5.41, 5.74) is 4.17. The van der Waals surface area contributed by atoms with E-state index >= 15 is 0 Å². The van der Waals surface area contributed by atoms with Crippen LogP contribution in [0.5, 0.6) is 11.5 Å². The molecule has 0 N–H and O–H groups in total. The first kappa shape index (κ1) is 21.2. The van der Waals surface area contributed by atoms with E-state index in [0.717, 1.165) is 48.9 Å². The largest absolute Gasteiger partial charge is 0.457 e. The first-order valence-corrected chi connectivity index (χ1v) is 11.1. The highest BCUT2D eigenvalue weighted by Crippen LogP contribution is 2.27. The molecule has 0 atom stereocenters. The molecule has 5 nitrogen and oxygen atoms in total. The fourth-order valence-corrected chi connectivity index (χ4v) is 3.86. The number of morpholine rings is 1. The summed E-state index contributed by atoms with van der Waals surface area (Å²) in [7, 11) is 0. The predicted molar refractivity (Wildman–Crippen MR) is 125 cm³/mol. The van der Waals surface area contributed by atoms with Gasteiger partial charge in [0.2, 0.25) is 5.89 Å². The van der Waals surface area contributed by atoms with Gasteiger partial charge in [-0.15, -0.1) is 0 Å². The van der Waals surface area contributed by atoms with E-state index in [1.807, 2.05) is 31.2 Å². The van der Waals surface area contributed by atoms with Crippen molar-refractivity contribution in [2.75, 3.05) is 31.2 Å². The van der Waals surface area contributed by atoms with E-state index in [-0.39, 0.29) is 5.82 Å². The van der Waals surface area contributed by atoms with Gasteiger partial charge in [-0.25, -0.2) is 9.37 Å². The van der Waals surface area contributed by atoms with E-state index in [1.165, 1.54) is 17.8 Å². The quantitative estimate of drug-likeness (QED) is 0.365. The lowest BCUT2D eigenvalue weighted by atomic mass is 10.1.